The molecule has 0 aliphatic heterocycles. The van der Waals surface area contributed by atoms with Crippen molar-refractivity contribution in [1.29, 1.82) is 0 Å². The van der Waals surface area contributed by atoms with Crippen molar-refractivity contribution in [3.05, 3.63) is 16.1 Å². The summed E-state index contributed by atoms with van der Waals surface area (Å²) >= 11 is 1.55. The second kappa shape index (κ2) is 8.69. The van der Waals surface area contributed by atoms with Crippen molar-refractivity contribution < 1.29 is 4.79 Å². The molecule has 0 saturated carbocycles. The maximum Gasteiger partial charge on any atom is 0.237 e. The zero-order chi connectivity index (χ0) is 12.3. The van der Waals surface area contributed by atoms with Gasteiger partial charge in [0.2, 0.25) is 5.91 Å². The predicted molar refractivity (Wildman–Crippen MR) is 80.7 cm³/mol. The average molecular weight is 314 g/mol. The van der Waals surface area contributed by atoms with E-state index in [1.807, 2.05) is 33.1 Å². The van der Waals surface area contributed by atoms with Crippen LogP contribution in [0.25, 0.3) is 0 Å². The van der Waals surface area contributed by atoms with E-state index in [-0.39, 0.29) is 42.7 Å². The van der Waals surface area contributed by atoms with Gasteiger partial charge in [0.15, 0.2) is 0 Å². The standard InChI is InChI=1S/C11H19N3OS.2ClH/c1-6(2)9(12)10(15)14-8(4)11-13-7(3)5-16-11;;/h5-6,8-9H,12H2,1-4H3,(H,14,15);2*1H/t8?,9-;;/m1../s1. The van der Waals surface area contributed by atoms with Gasteiger partial charge in [0, 0.05) is 11.1 Å². The molecule has 1 aromatic rings. The maximum atomic E-state index is 11.7. The molecule has 4 nitrogen and oxygen atoms in total. The fraction of sp³-hybridized carbons (Fsp3) is 0.636. The zero-order valence-electron chi connectivity index (χ0n) is 11.0. The summed E-state index contributed by atoms with van der Waals surface area (Å²) < 4.78 is 0. The van der Waals surface area contributed by atoms with Gasteiger partial charge in [-0.15, -0.1) is 36.2 Å². The summed E-state index contributed by atoms with van der Waals surface area (Å²) in [4.78, 5) is 16.0. The van der Waals surface area contributed by atoms with E-state index in [0.717, 1.165) is 10.7 Å². The van der Waals surface area contributed by atoms with Gasteiger partial charge in [0.25, 0.3) is 0 Å². The SMILES string of the molecule is Cc1csc(C(C)NC(=O)[C@H](N)C(C)C)n1.Cl.Cl. The smallest absolute Gasteiger partial charge is 0.237 e. The van der Waals surface area contributed by atoms with Gasteiger partial charge in [-0.1, -0.05) is 13.8 Å². The van der Waals surface area contributed by atoms with Crippen molar-refractivity contribution in [3.8, 4) is 0 Å². The molecule has 0 spiro atoms. The molecular weight excluding hydrogens is 293 g/mol. The third-order valence-electron chi connectivity index (χ3n) is 2.39. The number of amides is 1. The van der Waals surface area contributed by atoms with Crippen LogP contribution in [0, 0.1) is 12.8 Å². The number of nitrogens with one attached hydrogen (secondary N) is 1. The summed E-state index contributed by atoms with van der Waals surface area (Å²) in [5.74, 6) is 0.0283. The quantitative estimate of drug-likeness (QED) is 0.897. The number of nitrogens with two attached hydrogens (primary N) is 1. The Morgan fingerprint density at radius 2 is 1.94 bits per heavy atom. The van der Waals surface area contributed by atoms with Gasteiger partial charge < -0.3 is 11.1 Å². The first kappa shape index (κ1) is 20.0. The van der Waals surface area contributed by atoms with Crippen molar-refractivity contribution in [3.63, 3.8) is 0 Å². The Balaban J connectivity index is 0. The summed E-state index contributed by atoms with van der Waals surface area (Å²) in [5.41, 5.74) is 6.74. The molecule has 0 bridgehead atoms. The number of hydrogen-bond acceptors (Lipinski definition) is 4. The van der Waals surface area contributed by atoms with E-state index in [2.05, 4.69) is 10.3 Å². The van der Waals surface area contributed by atoms with Crippen molar-refractivity contribution in [2.45, 2.75) is 39.8 Å². The highest BCUT2D eigenvalue weighted by molar-refractivity contribution is 7.09. The Labute approximate surface area is 125 Å². The number of aromatic nitrogens is 1. The van der Waals surface area contributed by atoms with Crippen LogP contribution in [0.15, 0.2) is 5.38 Å². The van der Waals surface area contributed by atoms with Crippen LogP contribution in [-0.4, -0.2) is 16.9 Å². The van der Waals surface area contributed by atoms with Gasteiger partial charge >= 0.3 is 0 Å². The van der Waals surface area contributed by atoms with E-state index in [9.17, 15) is 4.79 Å². The van der Waals surface area contributed by atoms with Gasteiger partial charge in [-0.05, 0) is 19.8 Å². The first-order chi connectivity index (χ1) is 7.41. The molecule has 0 fully saturated rings. The normalized spacial score (nSPS) is 13.2. The highest BCUT2D eigenvalue weighted by Gasteiger charge is 2.20. The fourth-order valence-electron chi connectivity index (χ4n) is 1.25. The number of rotatable bonds is 4. The molecule has 1 heterocycles. The summed E-state index contributed by atoms with van der Waals surface area (Å²) in [7, 11) is 0. The molecule has 0 aliphatic rings. The summed E-state index contributed by atoms with van der Waals surface area (Å²) in [5, 5.41) is 5.77. The molecule has 0 radical (unpaired) electrons. The van der Waals surface area contributed by atoms with E-state index >= 15 is 0 Å². The molecule has 7 heteroatoms. The minimum Gasteiger partial charge on any atom is -0.346 e. The molecule has 1 unspecified atom stereocenters. The number of halogens is 2. The van der Waals surface area contributed by atoms with Crippen molar-refractivity contribution in [2.75, 3.05) is 0 Å². The highest BCUT2D eigenvalue weighted by atomic mass is 35.5. The number of carbonyl (C=O) groups excluding carboxylic acids is 1. The average Bonchev–Trinajstić information content (AvgIpc) is 2.63. The van der Waals surface area contributed by atoms with Crippen LogP contribution < -0.4 is 11.1 Å². The summed E-state index contributed by atoms with van der Waals surface area (Å²) in [6, 6.07) is -0.528. The third-order valence-corrected chi connectivity index (χ3v) is 3.53. The second-order valence-electron chi connectivity index (χ2n) is 4.33. The van der Waals surface area contributed by atoms with Crippen LogP contribution in [0.5, 0.6) is 0 Å². The van der Waals surface area contributed by atoms with Crippen molar-refractivity contribution >= 4 is 42.1 Å². The first-order valence-electron chi connectivity index (χ1n) is 5.39. The molecule has 1 aromatic heterocycles. The molecule has 1 amide bonds. The number of aryl methyl sites for hydroxylation is 1. The molecule has 0 aromatic carbocycles. The number of hydrogen-bond donors (Lipinski definition) is 2. The Morgan fingerprint density at radius 1 is 1.39 bits per heavy atom. The van der Waals surface area contributed by atoms with Crippen molar-refractivity contribution in [1.82, 2.24) is 10.3 Å². The minimum absolute atomic E-state index is 0. The zero-order valence-corrected chi connectivity index (χ0v) is 13.4. The lowest BCUT2D eigenvalue weighted by atomic mass is 10.0. The van der Waals surface area contributed by atoms with Gasteiger partial charge in [0.05, 0.1) is 12.1 Å². The van der Waals surface area contributed by atoms with E-state index in [1.54, 1.807) is 11.3 Å². The minimum atomic E-state index is -0.455. The summed E-state index contributed by atoms with van der Waals surface area (Å²) in [6.45, 7) is 7.72. The first-order valence-corrected chi connectivity index (χ1v) is 6.27. The lowest BCUT2D eigenvalue weighted by Crippen LogP contribution is -2.44. The molecular formula is C11H21Cl2N3OS. The lowest BCUT2D eigenvalue weighted by molar-refractivity contribution is -0.123. The topological polar surface area (TPSA) is 68.0 Å². The van der Waals surface area contributed by atoms with Gasteiger partial charge in [-0.2, -0.15) is 0 Å². The molecule has 106 valence electrons. The van der Waals surface area contributed by atoms with Crippen LogP contribution in [-0.2, 0) is 4.79 Å². The van der Waals surface area contributed by atoms with Gasteiger partial charge in [-0.3, -0.25) is 4.79 Å². The second-order valence-corrected chi connectivity index (χ2v) is 5.22. The predicted octanol–water partition coefficient (Wildman–Crippen LogP) is 2.46. The third kappa shape index (κ3) is 5.52. The maximum absolute atomic E-state index is 11.7. The number of carbonyl (C=O) groups is 1. The van der Waals surface area contributed by atoms with Crippen molar-refractivity contribution in [2.24, 2.45) is 11.7 Å². The molecule has 0 saturated heterocycles. The van der Waals surface area contributed by atoms with Gasteiger partial charge in [-0.25, -0.2) is 4.98 Å². The molecule has 3 N–H and O–H groups in total. The van der Waals surface area contributed by atoms with E-state index in [4.69, 9.17) is 5.73 Å². The monoisotopic (exact) mass is 313 g/mol. The Bertz CT molecular complexity index is 371. The van der Waals surface area contributed by atoms with Crippen LogP contribution >= 0.6 is 36.2 Å². The van der Waals surface area contributed by atoms with E-state index < -0.39 is 6.04 Å². The number of thiazole rings is 1. The van der Waals surface area contributed by atoms with Crippen LogP contribution in [0.2, 0.25) is 0 Å². The lowest BCUT2D eigenvalue weighted by Gasteiger charge is -2.18. The largest absolute Gasteiger partial charge is 0.346 e. The Kier molecular flexibility index (Phi) is 9.64. The molecule has 18 heavy (non-hydrogen) atoms. The molecule has 0 aliphatic carbocycles. The van der Waals surface area contributed by atoms with Crippen LogP contribution in [0.3, 0.4) is 0 Å². The molecule has 1 rings (SSSR count). The number of nitrogens with zero attached hydrogens (tertiary/aromatic N) is 1. The van der Waals surface area contributed by atoms with Crippen LogP contribution in [0.4, 0.5) is 0 Å². The summed E-state index contributed by atoms with van der Waals surface area (Å²) in [6.07, 6.45) is 0. The van der Waals surface area contributed by atoms with Crippen LogP contribution in [0.1, 0.15) is 37.5 Å². The Morgan fingerprint density at radius 3 is 2.33 bits per heavy atom. The molecule has 2 atom stereocenters. The van der Waals surface area contributed by atoms with E-state index in [1.165, 1.54) is 0 Å². The van der Waals surface area contributed by atoms with E-state index in [0.29, 0.717) is 0 Å². The Hall–Kier alpha value is -0.360. The fourth-order valence-corrected chi connectivity index (χ4v) is 2.05. The highest BCUT2D eigenvalue weighted by Crippen LogP contribution is 2.17. The van der Waals surface area contributed by atoms with Gasteiger partial charge in [0.1, 0.15) is 5.01 Å².